The summed E-state index contributed by atoms with van der Waals surface area (Å²) < 4.78 is 12.6. The zero-order valence-corrected chi connectivity index (χ0v) is 27.7. The summed E-state index contributed by atoms with van der Waals surface area (Å²) in [5, 5.41) is 8.76. The molecule has 11 rings (SSSR count). The second-order valence-corrected chi connectivity index (χ2v) is 13.2. The van der Waals surface area contributed by atoms with Crippen LogP contribution in [0.1, 0.15) is 0 Å². The quantitative estimate of drug-likeness (QED) is 0.175. The molecular formula is C47H27N3O2. The molecule has 0 aliphatic rings. The van der Waals surface area contributed by atoms with Crippen LogP contribution in [0, 0.1) is 0 Å². The molecule has 0 radical (unpaired) electrons. The van der Waals surface area contributed by atoms with Gasteiger partial charge in [-0.3, -0.25) is 0 Å². The lowest BCUT2D eigenvalue weighted by atomic mass is 9.96. The summed E-state index contributed by atoms with van der Waals surface area (Å²) in [4.78, 5) is 15.5. The van der Waals surface area contributed by atoms with Gasteiger partial charge in [0.25, 0.3) is 0 Å². The van der Waals surface area contributed by atoms with E-state index in [2.05, 4.69) is 103 Å². The van der Waals surface area contributed by atoms with E-state index in [0.717, 1.165) is 87.9 Å². The molecule has 0 amide bonds. The Hall–Kier alpha value is -7.11. The maximum atomic E-state index is 6.47. The fourth-order valence-corrected chi connectivity index (χ4v) is 7.67. The van der Waals surface area contributed by atoms with Crippen LogP contribution >= 0.6 is 0 Å². The second kappa shape index (κ2) is 11.2. The first kappa shape index (κ1) is 28.7. The maximum Gasteiger partial charge on any atom is 0.164 e. The Morgan fingerprint density at radius 1 is 0.308 bits per heavy atom. The van der Waals surface area contributed by atoms with Gasteiger partial charge in [-0.25, -0.2) is 15.0 Å². The van der Waals surface area contributed by atoms with Crippen LogP contribution in [0.2, 0.25) is 0 Å². The predicted molar refractivity (Wildman–Crippen MR) is 211 cm³/mol. The number of furan rings is 2. The van der Waals surface area contributed by atoms with E-state index < -0.39 is 0 Å². The molecule has 3 heterocycles. The van der Waals surface area contributed by atoms with Gasteiger partial charge in [-0.1, -0.05) is 121 Å². The summed E-state index contributed by atoms with van der Waals surface area (Å²) in [6.07, 6.45) is 0. The molecule has 242 valence electrons. The standard InChI is InChI=1S/C47H27N3O2/c1-2-11-28(12-3-1)45-48-46(50-47(49-45)38-27-31-13-4-5-14-32(31)33-15-6-7-16-34(33)38)36-18-10-20-43-44(36)39-26-30(22-24-42(39)52-43)29-21-23-41-37(25-29)35-17-8-9-19-40(35)51-41/h1-27H. The zero-order chi connectivity index (χ0) is 34.2. The van der Waals surface area contributed by atoms with Gasteiger partial charge in [-0.2, -0.15) is 0 Å². The number of hydrogen-bond donors (Lipinski definition) is 0. The Labute approximate surface area is 297 Å². The first-order valence-corrected chi connectivity index (χ1v) is 17.3. The van der Waals surface area contributed by atoms with Crippen LogP contribution < -0.4 is 0 Å². The SMILES string of the molecule is c1ccc(-c2nc(-c3cc4ccccc4c4ccccc34)nc(-c3cccc4oc5ccc(-c6ccc7oc8ccccc8c7c6)cc5c34)n2)cc1. The van der Waals surface area contributed by atoms with Crippen molar-refractivity contribution in [3.63, 3.8) is 0 Å². The Morgan fingerprint density at radius 3 is 1.71 bits per heavy atom. The molecule has 3 aromatic heterocycles. The van der Waals surface area contributed by atoms with Crippen LogP contribution in [0.25, 0.3) is 111 Å². The van der Waals surface area contributed by atoms with Gasteiger partial charge in [0.15, 0.2) is 17.5 Å². The molecule has 11 aromatic rings. The van der Waals surface area contributed by atoms with E-state index in [1.165, 1.54) is 5.39 Å². The van der Waals surface area contributed by atoms with Crippen LogP contribution in [-0.4, -0.2) is 15.0 Å². The molecule has 5 nitrogen and oxygen atoms in total. The summed E-state index contributed by atoms with van der Waals surface area (Å²) >= 11 is 0. The van der Waals surface area contributed by atoms with E-state index in [1.807, 2.05) is 60.7 Å². The summed E-state index contributed by atoms with van der Waals surface area (Å²) in [5.41, 5.74) is 8.30. The maximum absolute atomic E-state index is 6.47. The Morgan fingerprint density at radius 2 is 0.885 bits per heavy atom. The first-order chi connectivity index (χ1) is 25.7. The average Bonchev–Trinajstić information content (AvgIpc) is 3.78. The number of para-hydroxylation sites is 1. The summed E-state index contributed by atoms with van der Waals surface area (Å²) in [6, 6.07) is 56.3. The number of rotatable bonds is 4. The van der Waals surface area contributed by atoms with E-state index in [4.69, 9.17) is 23.8 Å². The fraction of sp³-hybridized carbons (Fsp3) is 0. The van der Waals surface area contributed by atoms with Crippen molar-refractivity contribution in [3.8, 4) is 45.3 Å². The van der Waals surface area contributed by atoms with Crippen LogP contribution in [0.3, 0.4) is 0 Å². The highest BCUT2D eigenvalue weighted by Crippen LogP contribution is 2.40. The third-order valence-electron chi connectivity index (χ3n) is 10.1. The van der Waals surface area contributed by atoms with Gasteiger partial charge in [-0.05, 0) is 75.1 Å². The lowest BCUT2D eigenvalue weighted by Gasteiger charge is -2.12. The Kier molecular flexibility index (Phi) is 6.18. The summed E-state index contributed by atoms with van der Waals surface area (Å²) in [5.74, 6) is 1.83. The summed E-state index contributed by atoms with van der Waals surface area (Å²) in [6.45, 7) is 0. The van der Waals surface area contributed by atoms with Gasteiger partial charge in [0.1, 0.15) is 22.3 Å². The third kappa shape index (κ3) is 4.46. The fourth-order valence-electron chi connectivity index (χ4n) is 7.67. The van der Waals surface area contributed by atoms with Crippen LogP contribution in [0.15, 0.2) is 173 Å². The Bertz CT molecular complexity index is 3190. The van der Waals surface area contributed by atoms with Crippen molar-refractivity contribution < 1.29 is 8.83 Å². The van der Waals surface area contributed by atoms with Crippen molar-refractivity contribution in [2.24, 2.45) is 0 Å². The third-order valence-corrected chi connectivity index (χ3v) is 10.1. The number of nitrogens with zero attached hydrogens (tertiary/aromatic N) is 3. The Balaban J connectivity index is 1.15. The average molecular weight is 666 g/mol. The number of hydrogen-bond acceptors (Lipinski definition) is 5. The van der Waals surface area contributed by atoms with Crippen LogP contribution in [0.4, 0.5) is 0 Å². The zero-order valence-electron chi connectivity index (χ0n) is 27.7. The molecule has 52 heavy (non-hydrogen) atoms. The highest BCUT2D eigenvalue weighted by Gasteiger charge is 2.20. The van der Waals surface area contributed by atoms with Gasteiger partial charge < -0.3 is 8.83 Å². The van der Waals surface area contributed by atoms with Crippen molar-refractivity contribution >= 4 is 65.4 Å². The van der Waals surface area contributed by atoms with E-state index >= 15 is 0 Å². The highest BCUT2D eigenvalue weighted by molar-refractivity contribution is 6.15. The molecule has 0 saturated heterocycles. The minimum atomic E-state index is 0.589. The van der Waals surface area contributed by atoms with Crippen molar-refractivity contribution in [3.05, 3.63) is 164 Å². The molecule has 0 saturated carbocycles. The molecule has 0 aliphatic carbocycles. The van der Waals surface area contributed by atoms with Crippen molar-refractivity contribution in [1.82, 2.24) is 15.0 Å². The first-order valence-electron chi connectivity index (χ1n) is 17.3. The van der Waals surface area contributed by atoms with Gasteiger partial charge in [-0.15, -0.1) is 0 Å². The van der Waals surface area contributed by atoms with E-state index in [9.17, 15) is 0 Å². The van der Waals surface area contributed by atoms with Crippen LogP contribution in [0.5, 0.6) is 0 Å². The molecule has 0 aliphatic heterocycles. The van der Waals surface area contributed by atoms with Gasteiger partial charge >= 0.3 is 0 Å². The van der Waals surface area contributed by atoms with Gasteiger partial charge in [0.05, 0.1) is 0 Å². The van der Waals surface area contributed by atoms with Crippen molar-refractivity contribution in [2.45, 2.75) is 0 Å². The minimum Gasteiger partial charge on any atom is -0.456 e. The van der Waals surface area contributed by atoms with E-state index in [-0.39, 0.29) is 0 Å². The normalized spacial score (nSPS) is 11.8. The minimum absolute atomic E-state index is 0.589. The van der Waals surface area contributed by atoms with Gasteiger partial charge in [0, 0.05) is 38.2 Å². The molecule has 5 heteroatoms. The molecule has 8 aromatic carbocycles. The lowest BCUT2D eigenvalue weighted by molar-refractivity contribution is 0.668. The van der Waals surface area contributed by atoms with Crippen molar-refractivity contribution in [2.75, 3.05) is 0 Å². The van der Waals surface area contributed by atoms with E-state index in [0.29, 0.717) is 17.5 Å². The molecule has 0 atom stereocenters. The lowest BCUT2D eigenvalue weighted by Crippen LogP contribution is -2.01. The molecule has 0 N–H and O–H groups in total. The largest absolute Gasteiger partial charge is 0.456 e. The number of benzene rings is 8. The van der Waals surface area contributed by atoms with Gasteiger partial charge in [0.2, 0.25) is 0 Å². The molecular weight excluding hydrogens is 639 g/mol. The van der Waals surface area contributed by atoms with E-state index in [1.54, 1.807) is 0 Å². The number of aromatic nitrogens is 3. The smallest absolute Gasteiger partial charge is 0.164 e. The van der Waals surface area contributed by atoms with Crippen LogP contribution in [-0.2, 0) is 0 Å². The molecule has 0 fully saturated rings. The second-order valence-electron chi connectivity index (χ2n) is 13.2. The predicted octanol–water partition coefficient (Wildman–Crippen LogP) is 12.6. The number of fused-ring (bicyclic) bond motifs is 9. The monoisotopic (exact) mass is 665 g/mol. The topological polar surface area (TPSA) is 65.0 Å². The molecule has 0 bridgehead atoms. The van der Waals surface area contributed by atoms with Crippen molar-refractivity contribution in [1.29, 1.82) is 0 Å². The summed E-state index contributed by atoms with van der Waals surface area (Å²) in [7, 11) is 0. The highest BCUT2D eigenvalue weighted by atomic mass is 16.3. The molecule has 0 spiro atoms. The molecule has 0 unspecified atom stereocenters.